The van der Waals surface area contributed by atoms with E-state index in [4.69, 9.17) is 14.0 Å². The van der Waals surface area contributed by atoms with E-state index in [0.717, 1.165) is 11.3 Å². The van der Waals surface area contributed by atoms with E-state index in [1.54, 1.807) is 42.5 Å². The third-order valence-electron chi connectivity index (χ3n) is 5.03. The molecule has 0 radical (unpaired) electrons. The molecule has 8 heteroatoms. The minimum absolute atomic E-state index is 0.0858. The minimum atomic E-state index is -0.310. The van der Waals surface area contributed by atoms with E-state index in [1.807, 2.05) is 26.8 Å². The number of carbonyl (C=O) groups is 2. The number of anilines is 1. The SMILES string of the molecule is CCN(CC(=O)Nc1ccccc1OC)C(=O)c1cccc(OCc2c(C)noc2C)c1. The zero-order valence-electron chi connectivity index (χ0n) is 18.7. The molecule has 0 aliphatic heterocycles. The molecular formula is C24H27N3O5. The highest BCUT2D eigenvalue weighted by Gasteiger charge is 2.19. The average Bonchev–Trinajstić information content (AvgIpc) is 3.13. The number of nitrogens with zero attached hydrogens (tertiary/aromatic N) is 2. The Bertz CT molecular complexity index is 1070. The molecule has 3 rings (SSSR count). The first-order valence-corrected chi connectivity index (χ1v) is 10.3. The van der Waals surface area contributed by atoms with E-state index < -0.39 is 0 Å². The first kappa shape index (κ1) is 22.9. The summed E-state index contributed by atoms with van der Waals surface area (Å²) in [5.41, 5.74) is 2.64. The fourth-order valence-corrected chi connectivity index (χ4v) is 3.20. The smallest absolute Gasteiger partial charge is 0.254 e. The Kier molecular flexibility index (Phi) is 7.49. The van der Waals surface area contributed by atoms with E-state index in [1.165, 1.54) is 12.0 Å². The summed E-state index contributed by atoms with van der Waals surface area (Å²) in [7, 11) is 1.54. The molecule has 0 aliphatic rings. The Labute approximate surface area is 187 Å². The van der Waals surface area contributed by atoms with E-state index in [9.17, 15) is 9.59 Å². The lowest BCUT2D eigenvalue weighted by atomic mass is 10.1. The zero-order valence-corrected chi connectivity index (χ0v) is 18.7. The predicted octanol–water partition coefficient (Wildman–Crippen LogP) is 3.98. The molecule has 0 bridgehead atoms. The molecule has 0 unspecified atom stereocenters. The van der Waals surface area contributed by atoms with Gasteiger partial charge in [-0.1, -0.05) is 23.4 Å². The first-order valence-electron chi connectivity index (χ1n) is 10.3. The predicted molar refractivity (Wildman–Crippen MR) is 120 cm³/mol. The summed E-state index contributed by atoms with van der Waals surface area (Å²) in [6, 6.07) is 14.0. The summed E-state index contributed by atoms with van der Waals surface area (Å²) in [5.74, 6) is 1.23. The van der Waals surface area contributed by atoms with Gasteiger partial charge in [-0.05, 0) is 51.1 Å². The summed E-state index contributed by atoms with van der Waals surface area (Å²) < 4.78 is 16.2. The Morgan fingerprint density at radius 3 is 2.59 bits per heavy atom. The molecule has 1 N–H and O–H groups in total. The summed E-state index contributed by atoms with van der Waals surface area (Å²) in [5, 5.41) is 6.71. The first-order chi connectivity index (χ1) is 15.4. The normalized spacial score (nSPS) is 10.5. The van der Waals surface area contributed by atoms with E-state index in [2.05, 4.69) is 10.5 Å². The number of rotatable bonds is 9. The van der Waals surface area contributed by atoms with Crippen molar-refractivity contribution in [2.24, 2.45) is 0 Å². The Hall–Kier alpha value is -3.81. The zero-order chi connectivity index (χ0) is 23.1. The van der Waals surface area contributed by atoms with Crippen LogP contribution in [-0.2, 0) is 11.4 Å². The van der Waals surface area contributed by atoms with Crippen LogP contribution in [0.25, 0.3) is 0 Å². The van der Waals surface area contributed by atoms with Crippen LogP contribution < -0.4 is 14.8 Å². The second kappa shape index (κ2) is 10.5. The quantitative estimate of drug-likeness (QED) is 0.544. The fraction of sp³-hybridized carbons (Fsp3) is 0.292. The molecule has 8 nitrogen and oxygen atoms in total. The van der Waals surface area contributed by atoms with Gasteiger partial charge in [-0.3, -0.25) is 9.59 Å². The Morgan fingerprint density at radius 2 is 1.91 bits per heavy atom. The number of ether oxygens (including phenoxy) is 2. The van der Waals surface area contributed by atoms with Gasteiger partial charge in [-0.2, -0.15) is 0 Å². The highest BCUT2D eigenvalue weighted by Crippen LogP contribution is 2.23. The lowest BCUT2D eigenvalue weighted by Crippen LogP contribution is -2.37. The number of para-hydroxylation sites is 2. The van der Waals surface area contributed by atoms with Gasteiger partial charge in [0.1, 0.15) is 30.4 Å². The number of benzene rings is 2. The maximum atomic E-state index is 13.0. The maximum absolute atomic E-state index is 13.0. The van der Waals surface area contributed by atoms with Crippen LogP contribution in [0, 0.1) is 13.8 Å². The molecule has 0 aliphatic carbocycles. The molecule has 2 aromatic carbocycles. The van der Waals surface area contributed by atoms with Crippen molar-refractivity contribution >= 4 is 17.5 Å². The van der Waals surface area contributed by atoms with Gasteiger partial charge in [-0.25, -0.2) is 0 Å². The average molecular weight is 437 g/mol. The molecule has 3 aromatic rings. The van der Waals surface area contributed by atoms with Crippen molar-refractivity contribution in [2.75, 3.05) is 25.5 Å². The highest BCUT2D eigenvalue weighted by atomic mass is 16.5. The molecule has 2 amide bonds. The van der Waals surface area contributed by atoms with Crippen LogP contribution in [0.15, 0.2) is 53.1 Å². The number of hydrogen-bond acceptors (Lipinski definition) is 6. The van der Waals surface area contributed by atoms with Gasteiger partial charge in [-0.15, -0.1) is 0 Å². The van der Waals surface area contributed by atoms with Gasteiger partial charge in [0.15, 0.2) is 0 Å². The molecular weight excluding hydrogens is 410 g/mol. The molecule has 1 aromatic heterocycles. The number of amides is 2. The van der Waals surface area contributed by atoms with Gasteiger partial charge in [0, 0.05) is 12.1 Å². The molecule has 168 valence electrons. The second-order valence-corrected chi connectivity index (χ2v) is 7.19. The van der Waals surface area contributed by atoms with Crippen LogP contribution in [0.2, 0.25) is 0 Å². The monoisotopic (exact) mass is 437 g/mol. The molecule has 1 heterocycles. The highest BCUT2D eigenvalue weighted by molar-refractivity contribution is 6.00. The van der Waals surface area contributed by atoms with Crippen molar-refractivity contribution in [3.8, 4) is 11.5 Å². The molecule has 0 fully saturated rings. The third-order valence-corrected chi connectivity index (χ3v) is 5.03. The Morgan fingerprint density at radius 1 is 1.12 bits per heavy atom. The lowest BCUT2D eigenvalue weighted by molar-refractivity contribution is -0.116. The van der Waals surface area contributed by atoms with Crippen molar-refractivity contribution in [2.45, 2.75) is 27.4 Å². The van der Waals surface area contributed by atoms with Crippen LogP contribution in [0.3, 0.4) is 0 Å². The Balaban J connectivity index is 1.65. The lowest BCUT2D eigenvalue weighted by Gasteiger charge is -2.21. The van der Waals surface area contributed by atoms with Gasteiger partial charge in [0.05, 0.1) is 24.1 Å². The maximum Gasteiger partial charge on any atom is 0.254 e. The summed E-state index contributed by atoms with van der Waals surface area (Å²) in [6.45, 7) is 6.09. The summed E-state index contributed by atoms with van der Waals surface area (Å²) in [4.78, 5) is 27.0. The van der Waals surface area contributed by atoms with Crippen molar-refractivity contribution in [1.29, 1.82) is 0 Å². The van der Waals surface area contributed by atoms with Crippen LogP contribution in [-0.4, -0.2) is 42.1 Å². The molecule has 0 saturated heterocycles. The van der Waals surface area contributed by atoms with Gasteiger partial charge in [0.25, 0.3) is 5.91 Å². The number of methoxy groups -OCH3 is 1. The van der Waals surface area contributed by atoms with Crippen molar-refractivity contribution in [3.05, 3.63) is 71.1 Å². The van der Waals surface area contributed by atoms with Crippen LogP contribution in [0.5, 0.6) is 11.5 Å². The van der Waals surface area contributed by atoms with Crippen molar-refractivity contribution in [3.63, 3.8) is 0 Å². The van der Waals surface area contributed by atoms with Crippen LogP contribution in [0.1, 0.15) is 34.3 Å². The van der Waals surface area contributed by atoms with Crippen molar-refractivity contribution < 1.29 is 23.6 Å². The van der Waals surface area contributed by atoms with Gasteiger partial charge >= 0.3 is 0 Å². The standard InChI is InChI=1S/C24H27N3O5/c1-5-27(14-23(28)25-21-11-6-7-12-22(21)30-4)24(29)18-9-8-10-19(13-18)31-15-20-16(2)26-32-17(20)3/h6-13H,5,14-15H2,1-4H3,(H,25,28). The molecule has 0 spiro atoms. The summed E-state index contributed by atoms with van der Waals surface area (Å²) in [6.07, 6.45) is 0. The largest absolute Gasteiger partial charge is 0.495 e. The molecule has 0 saturated carbocycles. The number of hydrogen-bond donors (Lipinski definition) is 1. The van der Waals surface area contributed by atoms with Crippen LogP contribution in [0.4, 0.5) is 5.69 Å². The second-order valence-electron chi connectivity index (χ2n) is 7.19. The molecule has 32 heavy (non-hydrogen) atoms. The molecule has 0 atom stereocenters. The number of nitrogens with one attached hydrogen (secondary N) is 1. The number of aromatic nitrogens is 1. The van der Waals surface area contributed by atoms with Crippen molar-refractivity contribution in [1.82, 2.24) is 10.1 Å². The topological polar surface area (TPSA) is 93.9 Å². The minimum Gasteiger partial charge on any atom is -0.495 e. The van der Waals surface area contributed by atoms with E-state index in [-0.39, 0.29) is 25.0 Å². The summed E-state index contributed by atoms with van der Waals surface area (Å²) >= 11 is 0. The van der Waals surface area contributed by atoms with Gasteiger partial charge in [0.2, 0.25) is 5.91 Å². The van der Waals surface area contributed by atoms with Crippen LogP contribution >= 0.6 is 0 Å². The van der Waals surface area contributed by atoms with E-state index in [0.29, 0.717) is 35.1 Å². The number of likely N-dealkylation sites (N-methyl/N-ethyl adjacent to an activating group) is 1. The third kappa shape index (κ3) is 5.46. The fourth-order valence-electron chi connectivity index (χ4n) is 3.20. The van der Waals surface area contributed by atoms with Gasteiger partial charge < -0.3 is 24.2 Å². The number of carbonyl (C=O) groups excluding carboxylic acids is 2. The van der Waals surface area contributed by atoms with E-state index >= 15 is 0 Å². The number of aryl methyl sites for hydroxylation is 2.